The molecular formula is C17H23N3O4. The first-order valence-corrected chi connectivity index (χ1v) is 7.57. The molecule has 2 N–H and O–H groups in total. The number of benzene rings is 1. The fraction of sp³-hybridized carbons (Fsp3) is 0.471. The zero-order valence-corrected chi connectivity index (χ0v) is 14.2. The zero-order chi connectivity index (χ0) is 18.0. The Morgan fingerprint density at radius 1 is 1.25 bits per heavy atom. The third-order valence-corrected chi connectivity index (χ3v) is 2.75. The summed E-state index contributed by atoms with van der Waals surface area (Å²) >= 11 is 0. The second-order valence-corrected chi connectivity index (χ2v) is 6.08. The summed E-state index contributed by atoms with van der Waals surface area (Å²) in [6.07, 6.45) is -0.720. The van der Waals surface area contributed by atoms with Crippen molar-refractivity contribution in [2.75, 3.05) is 13.2 Å². The molecule has 0 bridgehead atoms. The Morgan fingerprint density at radius 3 is 2.50 bits per heavy atom. The van der Waals surface area contributed by atoms with Gasteiger partial charge in [0.05, 0.1) is 19.3 Å². The molecule has 130 valence electrons. The van der Waals surface area contributed by atoms with Crippen molar-refractivity contribution in [1.29, 1.82) is 5.26 Å². The highest BCUT2D eigenvalue weighted by molar-refractivity contribution is 5.85. The molecule has 0 fully saturated rings. The average molecular weight is 333 g/mol. The molecule has 1 rings (SSSR count). The molecule has 0 radical (unpaired) electrons. The Morgan fingerprint density at radius 2 is 1.92 bits per heavy atom. The number of rotatable bonds is 7. The smallest absolute Gasteiger partial charge is 0.408 e. The van der Waals surface area contributed by atoms with Crippen molar-refractivity contribution >= 4 is 12.0 Å². The fourth-order valence-electron chi connectivity index (χ4n) is 1.75. The summed E-state index contributed by atoms with van der Waals surface area (Å²) in [5, 5.41) is 13.4. The summed E-state index contributed by atoms with van der Waals surface area (Å²) < 4.78 is 10.6. The van der Waals surface area contributed by atoms with Crippen LogP contribution in [0.2, 0.25) is 0 Å². The van der Waals surface area contributed by atoms with E-state index in [9.17, 15) is 9.59 Å². The van der Waals surface area contributed by atoms with Gasteiger partial charge in [-0.1, -0.05) is 30.3 Å². The van der Waals surface area contributed by atoms with E-state index in [1.165, 1.54) is 0 Å². The molecule has 2 amide bonds. The van der Waals surface area contributed by atoms with Gasteiger partial charge >= 0.3 is 6.09 Å². The molecule has 0 saturated heterocycles. The molecule has 1 atom stereocenters. The van der Waals surface area contributed by atoms with Gasteiger partial charge in [-0.3, -0.25) is 4.79 Å². The predicted octanol–water partition coefficient (Wildman–Crippen LogP) is 1.74. The number of nitrogens with one attached hydrogen (secondary N) is 2. The van der Waals surface area contributed by atoms with Gasteiger partial charge in [-0.15, -0.1) is 0 Å². The molecule has 0 aromatic heterocycles. The maximum Gasteiger partial charge on any atom is 0.408 e. The number of ether oxygens (including phenoxy) is 2. The number of hydrogen-bond acceptors (Lipinski definition) is 5. The molecule has 0 heterocycles. The largest absolute Gasteiger partial charge is 0.444 e. The van der Waals surface area contributed by atoms with Crippen LogP contribution in [0.15, 0.2) is 30.3 Å². The van der Waals surface area contributed by atoms with Gasteiger partial charge < -0.3 is 20.1 Å². The maximum absolute atomic E-state index is 12.0. The number of alkyl carbamates (subject to hydrolysis) is 1. The lowest BCUT2D eigenvalue weighted by Crippen LogP contribution is -2.50. The van der Waals surface area contributed by atoms with Crippen molar-refractivity contribution in [3.05, 3.63) is 35.9 Å². The van der Waals surface area contributed by atoms with Gasteiger partial charge in [0.1, 0.15) is 18.2 Å². The molecule has 0 aliphatic rings. The molecule has 7 nitrogen and oxygen atoms in total. The summed E-state index contributed by atoms with van der Waals surface area (Å²) in [5.74, 6) is -0.504. The van der Waals surface area contributed by atoms with E-state index in [1.807, 2.05) is 36.4 Å². The van der Waals surface area contributed by atoms with E-state index in [2.05, 4.69) is 10.6 Å². The number of hydrogen-bond donors (Lipinski definition) is 2. The molecule has 1 unspecified atom stereocenters. The standard InChI is InChI=1S/C17H23N3O4/c1-17(2,3)24-16(22)20-14(15(21)19-10-9-18)12-23-11-13-7-5-4-6-8-13/h4-8,14H,10-12H2,1-3H3,(H,19,21)(H,20,22). The average Bonchev–Trinajstić information content (AvgIpc) is 2.51. The molecular weight excluding hydrogens is 310 g/mol. The van der Waals surface area contributed by atoms with Gasteiger partial charge in [0, 0.05) is 0 Å². The third-order valence-electron chi connectivity index (χ3n) is 2.75. The minimum absolute atomic E-state index is 0.0363. The number of carbonyl (C=O) groups excluding carboxylic acids is 2. The lowest BCUT2D eigenvalue weighted by atomic mass is 10.2. The molecule has 7 heteroatoms. The highest BCUT2D eigenvalue weighted by Gasteiger charge is 2.24. The van der Waals surface area contributed by atoms with Crippen LogP contribution in [-0.4, -0.2) is 36.8 Å². The van der Waals surface area contributed by atoms with Crippen LogP contribution < -0.4 is 10.6 Å². The van der Waals surface area contributed by atoms with Crippen LogP contribution in [0.1, 0.15) is 26.3 Å². The third kappa shape index (κ3) is 8.15. The minimum atomic E-state index is -0.947. The van der Waals surface area contributed by atoms with Crippen LogP contribution in [0.3, 0.4) is 0 Å². The minimum Gasteiger partial charge on any atom is -0.444 e. The van der Waals surface area contributed by atoms with Gasteiger partial charge in [-0.25, -0.2) is 4.79 Å². The normalized spacial score (nSPS) is 11.9. The zero-order valence-electron chi connectivity index (χ0n) is 14.2. The predicted molar refractivity (Wildman–Crippen MR) is 87.9 cm³/mol. The molecule has 0 saturated carbocycles. The number of carbonyl (C=O) groups is 2. The summed E-state index contributed by atoms with van der Waals surface area (Å²) in [7, 11) is 0. The van der Waals surface area contributed by atoms with Crippen LogP contribution in [0.25, 0.3) is 0 Å². The first-order chi connectivity index (χ1) is 11.3. The molecule has 0 aliphatic heterocycles. The first kappa shape index (κ1) is 19.5. The summed E-state index contributed by atoms with van der Waals surface area (Å²) in [6, 6.07) is 10.3. The molecule has 0 spiro atoms. The Hall–Kier alpha value is -2.59. The highest BCUT2D eigenvalue weighted by Crippen LogP contribution is 2.07. The lowest BCUT2D eigenvalue weighted by Gasteiger charge is -2.23. The SMILES string of the molecule is CC(C)(C)OC(=O)NC(COCc1ccccc1)C(=O)NCC#N. The summed E-state index contributed by atoms with van der Waals surface area (Å²) in [6.45, 7) is 5.30. The highest BCUT2D eigenvalue weighted by atomic mass is 16.6. The van der Waals surface area contributed by atoms with Crippen molar-refractivity contribution in [3.8, 4) is 6.07 Å². The van der Waals surface area contributed by atoms with Crippen LogP contribution in [-0.2, 0) is 20.9 Å². The van der Waals surface area contributed by atoms with Crippen LogP contribution in [0, 0.1) is 11.3 Å². The molecule has 24 heavy (non-hydrogen) atoms. The Kier molecular flexibility index (Phi) is 7.72. The van der Waals surface area contributed by atoms with Gasteiger partial charge in [-0.05, 0) is 26.3 Å². The fourth-order valence-corrected chi connectivity index (χ4v) is 1.75. The van der Waals surface area contributed by atoms with Crippen molar-refractivity contribution in [3.63, 3.8) is 0 Å². The summed E-state index contributed by atoms with van der Waals surface area (Å²) in [4.78, 5) is 23.9. The van der Waals surface area contributed by atoms with E-state index in [0.717, 1.165) is 5.56 Å². The van der Waals surface area contributed by atoms with E-state index in [1.54, 1.807) is 20.8 Å². The van der Waals surface area contributed by atoms with Gasteiger partial charge in [0.25, 0.3) is 0 Å². The maximum atomic E-state index is 12.0. The molecule has 1 aromatic rings. The van der Waals surface area contributed by atoms with Crippen molar-refractivity contribution in [1.82, 2.24) is 10.6 Å². The van der Waals surface area contributed by atoms with Gasteiger partial charge in [-0.2, -0.15) is 5.26 Å². The van der Waals surface area contributed by atoms with E-state index in [4.69, 9.17) is 14.7 Å². The molecule has 0 aliphatic carbocycles. The first-order valence-electron chi connectivity index (χ1n) is 7.57. The van der Waals surface area contributed by atoms with E-state index < -0.39 is 23.6 Å². The lowest BCUT2D eigenvalue weighted by molar-refractivity contribution is -0.124. The summed E-state index contributed by atoms with van der Waals surface area (Å²) in [5.41, 5.74) is 0.272. The number of nitriles is 1. The van der Waals surface area contributed by atoms with Crippen molar-refractivity contribution < 1.29 is 19.1 Å². The van der Waals surface area contributed by atoms with Gasteiger partial charge in [0.15, 0.2) is 0 Å². The topological polar surface area (TPSA) is 100 Å². The van der Waals surface area contributed by atoms with Crippen molar-refractivity contribution in [2.24, 2.45) is 0 Å². The van der Waals surface area contributed by atoms with E-state index >= 15 is 0 Å². The monoisotopic (exact) mass is 333 g/mol. The van der Waals surface area contributed by atoms with Crippen LogP contribution in [0.5, 0.6) is 0 Å². The van der Waals surface area contributed by atoms with Crippen LogP contribution >= 0.6 is 0 Å². The van der Waals surface area contributed by atoms with Gasteiger partial charge in [0.2, 0.25) is 5.91 Å². The quantitative estimate of drug-likeness (QED) is 0.740. The Bertz CT molecular complexity index is 576. The second-order valence-electron chi connectivity index (χ2n) is 6.08. The van der Waals surface area contributed by atoms with Crippen molar-refractivity contribution in [2.45, 2.75) is 39.0 Å². The number of nitrogens with zero attached hydrogens (tertiary/aromatic N) is 1. The second kappa shape index (κ2) is 9.53. The van der Waals surface area contributed by atoms with E-state index in [-0.39, 0.29) is 13.2 Å². The Balaban J connectivity index is 2.58. The van der Waals surface area contributed by atoms with Crippen LogP contribution in [0.4, 0.5) is 4.79 Å². The Labute approximate surface area is 141 Å². The van der Waals surface area contributed by atoms with E-state index in [0.29, 0.717) is 6.61 Å². The molecule has 1 aromatic carbocycles. The number of amides is 2.